The highest BCUT2D eigenvalue weighted by Crippen LogP contribution is 2.34. The summed E-state index contributed by atoms with van der Waals surface area (Å²) in [5, 5.41) is 8.75. The molecule has 0 radical (unpaired) electrons. The van der Waals surface area contributed by atoms with E-state index in [2.05, 4.69) is 52.3 Å². The quantitative estimate of drug-likeness (QED) is 0.769. The van der Waals surface area contributed by atoms with Gasteiger partial charge in [0, 0.05) is 30.2 Å². The van der Waals surface area contributed by atoms with Crippen molar-refractivity contribution in [2.45, 2.75) is 31.8 Å². The largest absolute Gasteiger partial charge is 0.330 e. The molecule has 2 atom stereocenters. The van der Waals surface area contributed by atoms with Gasteiger partial charge in [0.2, 0.25) is 5.91 Å². The van der Waals surface area contributed by atoms with Crippen molar-refractivity contribution in [3.8, 4) is 0 Å². The number of piperidine rings is 1. The van der Waals surface area contributed by atoms with Crippen LogP contribution in [0.4, 0.5) is 0 Å². The van der Waals surface area contributed by atoms with Gasteiger partial charge in [0.1, 0.15) is 6.17 Å². The molecular formula is C18H24N4O. The Labute approximate surface area is 137 Å². The first-order valence-corrected chi connectivity index (χ1v) is 8.54. The van der Waals surface area contributed by atoms with Crippen LogP contribution in [0.5, 0.6) is 0 Å². The van der Waals surface area contributed by atoms with Gasteiger partial charge >= 0.3 is 0 Å². The van der Waals surface area contributed by atoms with Gasteiger partial charge in [0.25, 0.3) is 0 Å². The number of amides is 1. The maximum Gasteiger partial charge on any atom is 0.247 e. The van der Waals surface area contributed by atoms with Crippen LogP contribution in [-0.2, 0) is 4.79 Å². The predicted octanol–water partition coefficient (Wildman–Crippen LogP) is 1.24. The van der Waals surface area contributed by atoms with E-state index in [1.165, 1.54) is 11.1 Å². The number of hydrogen-bond donors (Lipinski definition) is 3. The van der Waals surface area contributed by atoms with Gasteiger partial charge in [0.05, 0.1) is 0 Å². The molecule has 5 heteroatoms. The molecule has 2 fully saturated rings. The molecular weight excluding hydrogens is 288 g/mol. The van der Waals surface area contributed by atoms with E-state index in [-0.39, 0.29) is 18.0 Å². The molecule has 0 aliphatic carbocycles. The van der Waals surface area contributed by atoms with Crippen molar-refractivity contribution < 1.29 is 4.79 Å². The van der Waals surface area contributed by atoms with E-state index in [0.717, 1.165) is 38.2 Å². The molecule has 0 spiro atoms. The summed E-state index contributed by atoms with van der Waals surface area (Å²) in [5.74, 6) is 0.791. The molecule has 0 bridgehead atoms. The molecule has 1 aromatic carbocycles. The molecule has 2 saturated heterocycles. The summed E-state index contributed by atoms with van der Waals surface area (Å²) in [6.45, 7) is 5.02. The Morgan fingerprint density at radius 1 is 1.13 bits per heavy atom. The predicted molar refractivity (Wildman–Crippen MR) is 89.4 cm³/mol. The van der Waals surface area contributed by atoms with Crippen LogP contribution in [0, 0.1) is 12.8 Å². The average Bonchev–Trinajstić information content (AvgIpc) is 2.99. The Morgan fingerprint density at radius 3 is 2.61 bits per heavy atom. The molecule has 3 aliphatic heterocycles. The monoisotopic (exact) mass is 312 g/mol. The number of hydrogen-bond acceptors (Lipinski definition) is 4. The first-order valence-electron chi connectivity index (χ1n) is 8.54. The molecule has 3 N–H and O–H groups in total. The van der Waals surface area contributed by atoms with E-state index in [9.17, 15) is 4.79 Å². The number of hydrazine groups is 1. The number of fused-ring (bicyclic) bond motifs is 1. The molecule has 1 aromatic rings. The minimum Gasteiger partial charge on any atom is -0.330 e. The number of benzene rings is 1. The number of carbonyl (C=O) groups excluding carboxylic acids is 1. The molecule has 1 amide bonds. The minimum atomic E-state index is 0.0140. The molecule has 0 aromatic heterocycles. The lowest BCUT2D eigenvalue weighted by atomic mass is 9.90. The lowest BCUT2D eigenvalue weighted by molar-refractivity contribution is -0.119. The third-order valence-corrected chi connectivity index (χ3v) is 5.25. The van der Waals surface area contributed by atoms with Crippen molar-refractivity contribution >= 4 is 5.91 Å². The second-order valence-electron chi connectivity index (χ2n) is 6.80. The summed E-state index contributed by atoms with van der Waals surface area (Å²) in [7, 11) is 0. The van der Waals surface area contributed by atoms with Gasteiger partial charge in [-0.3, -0.25) is 9.80 Å². The van der Waals surface area contributed by atoms with Crippen LogP contribution < -0.4 is 16.1 Å². The highest BCUT2D eigenvalue weighted by Gasteiger charge is 2.41. The van der Waals surface area contributed by atoms with Crippen molar-refractivity contribution in [1.82, 2.24) is 21.1 Å². The second kappa shape index (κ2) is 5.98. The van der Waals surface area contributed by atoms with E-state index in [4.69, 9.17) is 0 Å². The van der Waals surface area contributed by atoms with E-state index in [0.29, 0.717) is 5.92 Å². The molecule has 0 saturated carbocycles. The zero-order valence-electron chi connectivity index (χ0n) is 13.5. The molecule has 4 rings (SSSR count). The maximum atomic E-state index is 12.2. The number of rotatable bonds is 2. The third-order valence-electron chi connectivity index (χ3n) is 5.25. The van der Waals surface area contributed by atoms with Crippen molar-refractivity contribution in [3.05, 3.63) is 47.2 Å². The summed E-state index contributed by atoms with van der Waals surface area (Å²) in [5.41, 5.74) is 7.23. The first kappa shape index (κ1) is 14.7. The van der Waals surface area contributed by atoms with Crippen LogP contribution in [0.2, 0.25) is 0 Å². The Balaban J connectivity index is 1.59. The number of allylic oxidation sites excluding steroid dienone is 1. The fourth-order valence-electron chi connectivity index (χ4n) is 3.94. The van der Waals surface area contributed by atoms with Crippen LogP contribution in [0.25, 0.3) is 0 Å². The summed E-state index contributed by atoms with van der Waals surface area (Å²) in [4.78, 5) is 12.2. The summed E-state index contributed by atoms with van der Waals surface area (Å²) in [6, 6.07) is 8.65. The van der Waals surface area contributed by atoms with Gasteiger partial charge < -0.3 is 10.6 Å². The zero-order chi connectivity index (χ0) is 15.8. The number of aryl methyl sites for hydroxylation is 1. The highest BCUT2D eigenvalue weighted by atomic mass is 16.2. The summed E-state index contributed by atoms with van der Waals surface area (Å²) in [6.07, 6.45) is 4.00. The van der Waals surface area contributed by atoms with E-state index in [1.54, 1.807) is 6.08 Å². The number of nitrogens with one attached hydrogen (secondary N) is 3. The second-order valence-corrected chi connectivity index (χ2v) is 6.80. The Kier molecular flexibility index (Phi) is 3.83. The molecule has 23 heavy (non-hydrogen) atoms. The number of carbonyl (C=O) groups is 1. The van der Waals surface area contributed by atoms with Crippen molar-refractivity contribution in [2.75, 3.05) is 19.6 Å². The fraction of sp³-hybridized carbons (Fsp3) is 0.500. The normalized spacial score (nSPS) is 28.3. The van der Waals surface area contributed by atoms with E-state index >= 15 is 0 Å². The lowest BCUT2D eigenvalue weighted by Gasteiger charge is -2.39. The molecule has 2 unspecified atom stereocenters. The van der Waals surface area contributed by atoms with Crippen LogP contribution in [-0.4, -0.2) is 36.7 Å². The van der Waals surface area contributed by atoms with Crippen LogP contribution >= 0.6 is 0 Å². The van der Waals surface area contributed by atoms with Crippen molar-refractivity contribution in [2.24, 2.45) is 5.92 Å². The van der Waals surface area contributed by atoms with E-state index < -0.39 is 0 Å². The third kappa shape index (κ3) is 2.75. The molecule has 122 valence electrons. The molecule has 3 aliphatic rings. The molecule has 5 nitrogen and oxygen atoms in total. The van der Waals surface area contributed by atoms with Gasteiger partial charge in [-0.15, -0.1) is 0 Å². The van der Waals surface area contributed by atoms with Crippen molar-refractivity contribution in [1.29, 1.82) is 0 Å². The Hall–Kier alpha value is -1.85. The van der Waals surface area contributed by atoms with Gasteiger partial charge in [-0.1, -0.05) is 29.8 Å². The fourth-order valence-corrected chi connectivity index (χ4v) is 3.94. The van der Waals surface area contributed by atoms with E-state index in [1.807, 2.05) is 0 Å². The maximum absolute atomic E-state index is 12.2. The SMILES string of the molecule is Cc1ccc(C2CNN3C(C4CCNCC4)=CC(=O)NC23)cc1. The minimum absolute atomic E-state index is 0.0140. The molecule has 3 heterocycles. The van der Waals surface area contributed by atoms with Gasteiger partial charge in [-0.25, -0.2) is 5.43 Å². The van der Waals surface area contributed by atoms with Crippen LogP contribution in [0.15, 0.2) is 36.0 Å². The smallest absolute Gasteiger partial charge is 0.247 e. The van der Waals surface area contributed by atoms with Gasteiger partial charge in [-0.05, 0) is 38.4 Å². The van der Waals surface area contributed by atoms with Gasteiger partial charge in [-0.2, -0.15) is 0 Å². The Bertz CT molecular complexity index is 618. The standard InChI is InChI=1S/C18H24N4O/c1-12-2-4-13(5-3-12)15-11-20-22-16(10-17(23)21-18(15)22)14-6-8-19-9-7-14/h2-5,10,14-15,18-20H,6-9,11H2,1H3,(H,21,23). The summed E-state index contributed by atoms with van der Waals surface area (Å²) < 4.78 is 0. The first-order chi connectivity index (χ1) is 11.2. The van der Waals surface area contributed by atoms with Crippen molar-refractivity contribution in [3.63, 3.8) is 0 Å². The topological polar surface area (TPSA) is 56.4 Å². The van der Waals surface area contributed by atoms with Crippen LogP contribution in [0.1, 0.15) is 29.9 Å². The zero-order valence-corrected chi connectivity index (χ0v) is 13.5. The van der Waals surface area contributed by atoms with Gasteiger partial charge in [0.15, 0.2) is 0 Å². The van der Waals surface area contributed by atoms with Crippen LogP contribution in [0.3, 0.4) is 0 Å². The Morgan fingerprint density at radius 2 is 1.87 bits per heavy atom. The average molecular weight is 312 g/mol. The lowest BCUT2D eigenvalue weighted by Crippen LogP contribution is -2.53. The number of nitrogens with zero attached hydrogens (tertiary/aromatic N) is 1. The highest BCUT2D eigenvalue weighted by molar-refractivity contribution is 5.89. The summed E-state index contributed by atoms with van der Waals surface area (Å²) >= 11 is 0.